The Morgan fingerprint density at radius 1 is 1.46 bits per heavy atom. The van der Waals surface area contributed by atoms with Crippen molar-refractivity contribution in [1.29, 1.82) is 0 Å². The van der Waals surface area contributed by atoms with Gasteiger partial charge >= 0.3 is 0 Å². The molecule has 0 unspecified atom stereocenters. The molecule has 5 nitrogen and oxygen atoms in total. The molecule has 1 aliphatic carbocycles. The summed E-state index contributed by atoms with van der Waals surface area (Å²) in [6.07, 6.45) is 5.05. The van der Waals surface area contributed by atoms with Crippen molar-refractivity contribution in [2.75, 3.05) is 14.1 Å². The van der Waals surface area contributed by atoms with Crippen LogP contribution < -0.4 is 5.32 Å². The van der Waals surface area contributed by atoms with E-state index in [0.29, 0.717) is 6.54 Å². The average molecular weight is 330 g/mol. The van der Waals surface area contributed by atoms with Gasteiger partial charge < -0.3 is 10.2 Å². The Bertz CT molecular complexity index is 726. The van der Waals surface area contributed by atoms with Crippen molar-refractivity contribution >= 4 is 5.91 Å². The van der Waals surface area contributed by atoms with Crippen molar-refractivity contribution in [3.8, 4) is 0 Å². The monoisotopic (exact) mass is 330 g/mol. The van der Waals surface area contributed by atoms with Gasteiger partial charge in [-0.3, -0.25) is 9.48 Å². The van der Waals surface area contributed by atoms with E-state index in [-0.39, 0.29) is 24.3 Å². The summed E-state index contributed by atoms with van der Waals surface area (Å²) < 4.78 is 15.0. The fraction of sp³-hybridized carbons (Fsp3) is 0.444. The number of benzene rings is 1. The molecule has 1 N–H and O–H groups in total. The molecule has 0 aliphatic heterocycles. The van der Waals surface area contributed by atoms with Crippen molar-refractivity contribution in [2.24, 2.45) is 0 Å². The van der Waals surface area contributed by atoms with Crippen LogP contribution in [-0.2, 0) is 24.3 Å². The zero-order valence-electron chi connectivity index (χ0n) is 14.1. The predicted octanol–water partition coefficient (Wildman–Crippen LogP) is 2.28. The Morgan fingerprint density at radius 2 is 2.29 bits per heavy atom. The van der Waals surface area contributed by atoms with Crippen LogP contribution in [0.5, 0.6) is 0 Å². The highest BCUT2D eigenvalue weighted by Gasteiger charge is 2.24. The number of amides is 1. The van der Waals surface area contributed by atoms with Crippen LogP contribution in [0.2, 0.25) is 0 Å². The molecule has 0 saturated carbocycles. The minimum absolute atomic E-state index is 0.0270. The Hall–Kier alpha value is -2.21. The van der Waals surface area contributed by atoms with Gasteiger partial charge in [0.25, 0.3) is 0 Å². The quantitative estimate of drug-likeness (QED) is 0.915. The van der Waals surface area contributed by atoms with Crippen molar-refractivity contribution in [3.05, 3.63) is 53.1 Å². The van der Waals surface area contributed by atoms with E-state index in [0.717, 1.165) is 30.5 Å². The average Bonchev–Trinajstić information content (AvgIpc) is 2.95. The first kappa shape index (κ1) is 16.6. The molecule has 1 atom stereocenters. The van der Waals surface area contributed by atoms with Gasteiger partial charge in [-0.1, -0.05) is 12.1 Å². The number of aromatic nitrogens is 2. The van der Waals surface area contributed by atoms with Crippen molar-refractivity contribution in [3.63, 3.8) is 0 Å². The van der Waals surface area contributed by atoms with Crippen molar-refractivity contribution < 1.29 is 9.18 Å². The van der Waals surface area contributed by atoms with E-state index in [2.05, 4.69) is 10.4 Å². The normalized spacial score (nSPS) is 16.7. The number of hydrogen-bond donors (Lipinski definition) is 1. The molecular formula is C18H23FN4O. The lowest BCUT2D eigenvalue weighted by atomic mass is 9.93. The van der Waals surface area contributed by atoms with E-state index in [1.165, 1.54) is 11.6 Å². The van der Waals surface area contributed by atoms with Gasteiger partial charge in [-0.15, -0.1) is 0 Å². The molecule has 0 spiro atoms. The van der Waals surface area contributed by atoms with Crippen molar-refractivity contribution in [1.82, 2.24) is 20.0 Å². The van der Waals surface area contributed by atoms with Gasteiger partial charge in [-0.25, -0.2) is 4.39 Å². The minimum atomic E-state index is -0.217. The molecule has 0 fully saturated rings. The molecule has 2 aromatic rings. The van der Waals surface area contributed by atoms with Gasteiger partial charge in [-0.05, 0) is 42.5 Å². The van der Waals surface area contributed by atoms with E-state index in [4.69, 9.17) is 0 Å². The molecule has 1 heterocycles. The van der Waals surface area contributed by atoms with Crippen LogP contribution in [0, 0.1) is 5.82 Å². The zero-order chi connectivity index (χ0) is 17.1. The van der Waals surface area contributed by atoms with Crippen LogP contribution in [-0.4, -0.2) is 34.7 Å². The summed E-state index contributed by atoms with van der Waals surface area (Å²) in [7, 11) is 3.49. The first-order chi connectivity index (χ1) is 11.5. The lowest BCUT2D eigenvalue weighted by molar-refractivity contribution is -0.129. The first-order valence-electron chi connectivity index (χ1n) is 8.27. The summed E-state index contributed by atoms with van der Waals surface area (Å²) in [6.45, 7) is 0.863. The first-order valence-corrected chi connectivity index (χ1v) is 8.27. The molecule has 128 valence electrons. The number of hydrogen-bond acceptors (Lipinski definition) is 3. The number of carbonyl (C=O) groups is 1. The Kier molecular flexibility index (Phi) is 4.94. The topological polar surface area (TPSA) is 50.2 Å². The van der Waals surface area contributed by atoms with Crippen LogP contribution in [0.1, 0.15) is 35.7 Å². The number of likely N-dealkylation sites (N-methyl/N-ethyl adjacent to an activating group) is 1. The molecule has 0 radical (unpaired) electrons. The van der Waals surface area contributed by atoms with Gasteiger partial charge in [0.2, 0.25) is 5.91 Å². The lowest BCUT2D eigenvalue weighted by Gasteiger charge is -2.22. The molecule has 0 bridgehead atoms. The molecule has 1 aromatic heterocycles. The summed E-state index contributed by atoms with van der Waals surface area (Å²) in [4.78, 5) is 13.4. The Labute approximate surface area is 141 Å². The largest absolute Gasteiger partial charge is 0.347 e. The number of nitrogens with zero attached hydrogens (tertiary/aromatic N) is 3. The Morgan fingerprint density at radius 3 is 3.04 bits per heavy atom. The van der Waals surface area contributed by atoms with E-state index >= 15 is 0 Å². The Balaban J connectivity index is 1.69. The maximum Gasteiger partial charge on any atom is 0.243 e. The summed E-state index contributed by atoms with van der Waals surface area (Å²) in [5.41, 5.74) is 3.14. The highest BCUT2D eigenvalue weighted by Crippen LogP contribution is 2.28. The molecule has 1 amide bonds. The highest BCUT2D eigenvalue weighted by atomic mass is 19.1. The van der Waals surface area contributed by atoms with Gasteiger partial charge in [0.15, 0.2) is 0 Å². The third kappa shape index (κ3) is 3.82. The predicted molar refractivity (Wildman–Crippen MR) is 89.8 cm³/mol. The standard InChI is InChI=1S/C18H23FN4O/c1-22(2)17(24)12-23-11-14-6-4-8-16(18(14)21-23)20-10-13-5-3-7-15(19)9-13/h3,5,7,9,11,16,20H,4,6,8,10,12H2,1-2H3/t16-/m1/s1. The van der Waals surface area contributed by atoms with E-state index < -0.39 is 0 Å². The lowest BCUT2D eigenvalue weighted by Crippen LogP contribution is -2.27. The number of aryl methyl sites for hydroxylation is 1. The number of carbonyl (C=O) groups excluding carboxylic acids is 1. The number of nitrogens with one attached hydrogen (secondary N) is 1. The second-order valence-electron chi connectivity index (χ2n) is 6.48. The van der Waals surface area contributed by atoms with E-state index in [1.54, 1.807) is 35.8 Å². The van der Waals surface area contributed by atoms with E-state index in [1.807, 2.05) is 12.3 Å². The van der Waals surface area contributed by atoms with Gasteiger partial charge in [0, 0.05) is 26.8 Å². The highest BCUT2D eigenvalue weighted by molar-refractivity contribution is 5.75. The number of rotatable bonds is 5. The molecule has 0 saturated heterocycles. The molecule has 24 heavy (non-hydrogen) atoms. The van der Waals surface area contributed by atoms with Crippen LogP contribution in [0.4, 0.5) is 4.39 Å². The maximum atomic E-state index is 13.3. The van der Waals surface area contributed by atoms with Gasteiger partial charge in [-0.2, -0.15) is 5.10 Å². The van der Waals surface area contributed by atoms with Gasteiger partial charge in [0.1, 0.15) is 12.4 Å². The summed E-state index contributed by atoms with van der Waals surface area (Å²) >= 11 is 0. The third-order valence-electron chi connectivity index (χ3n) is 4.38. The number of fused-ring (bicyclic) bond motifs is 1. The zero-order valence-corrected chi connectivity index (χ0v) is 14.1. The molecule has 1 aliphatic rings. The van der Waals surface area contributed by atoms with Crippen LogP contribution in [0.15, 0.2) is 30.5 Å². The minimum Gasteiger partial charge on any atom is -0.347 e. The maximum absolute atomic E-state index is 13.3. The molecular weight excluding hydrogens is 307 g/mol. The summed E-state index contributed by atoms with van der Waals surface area (Å²) in [5.74, 6) is -0.191. The van der Waals surface area contributed by atoms with Gasteiger partial charge in [0.05, 0.1) is 11.7 Å². The summed E-state index contributed by atoms with van der Waals surface area (Å²) in [5, 5.41) is 8.09. The second kappa shape index (κ2) is 7.13. The smallest absolute Gasteiger partial charge is 0.243 e. The fourth-order valence-corrected chi connectivity index (χ4v) is 3.04. The van der Waals surface area contributed by atoms with Crippen molar-refractivity contribution in [2.45, 2.75) is 38.4 Å². The van der Waals surface area contributed by atoms with Crippen LogP contribution in [0.3, 0.4) is 0 Å². The fourth-order valence-electron chi connectivity index (χ4n) is 3.04. The third-order valence-corrected chi connectivity index (χ3v) is 4.38. The molecule has 6 heteroatoms. The van der Waals surface area contributed by atoms with Crippen LogP contribution in [0.25, 0.3) is 0 Å². The SMILES string of the molecule is CN(C)C(=O)Cn1cc2c(n1)[C@H](NCc1cccc(F)c1)CCC2. The second-order valence-corrected chi connectivity index (χ2v) is 6.48. The molecule has 3 rings (SSSR count). The number of halogens is 1. The van der Waals surface area contributed by atoms with E-state index in [9.17, 15) is 9.18 Å². The summed E-state index contributed by atoms with van der Waals surface area (Å²) in [6, 6.07) is 6.78. The van der Waals surface area contributed by atoms with Crippen LogP contribution >= 0.6 is 0 Å². The molecule has 1 aromatic carbocycles.